The molecule has 0 aromatic heterocycles. The van der Waals surface area contributed by atoms with Gasteiger partial charge in [0.25, 0.3) is 0 Å². The zero-order valence-electron chi connectivity index (χ0n) is 7.37. The minimum atomic E-state index is -4.28. The summed E-state index contributed by atoms with van der Waals surface area (Å²) in [5.41, 5.74) is 0. The first-order valence-electron chi connectivity index (χ1n) is 4.33. The van der Waals surface area contributed by atoms with Crippen LogP contribution in [-0.4, -0.2) is 25.4 Å². The van der Waals surface area contributed by atoms with Crippen LogP contribution in [0, 0.1) is 5.92 Å². The highest BCUT2D eigenvalue weighted by Crippen LogP contribution is 2.38. The van der Waals surface area contributed by atoms with E-state index in [2.05, 4.69) is 5.32 Å². The lowest BCUT2D eigenvalue weighted by Crippen LogP contribution is -2.46. The van der Waals surface area contributed by atoms with E-state index in [4.69, 9.17) is 0 Å². The number of nitrogens with one attached hydrogen (secondary N) is 1. The topological polar surface area (TPSA) is 12.0 Å². The second kappa shape index (κ2) is 3.82. The molecule has 3 unspecified atom stereocenters. The number of hydrogen-bond acceptors (Lipinski definition) is 1. The summed E-state index contributed by atoms with van der Waals surface area (Å²) in [7, 11) is 1.49. The molecule has 13 heavy (non-hydrogen) atoms. The first kappa shape index (κ1) is 10.8. The Morgan fingerprint density at radius 1 is 1.23 bits per heavy atom. The van der Waals surface area contributed by atoms with Crippen molar-refractivity contribution in [3.05, 3.63) is 0 Å². The van der Waals surface area contributed by atoms with Crippen LogP contribution < -0.4 is 5.32 Å². The maximum absolute atomic E-state index is 12.7. The van der Waals surface area contributed by atoms with E-state index in [0.717, 1.165) is 0 Å². The van der Waals surface area contributed by atoms with E-state index in [9.17, 15) is 17.6 Å². The Labute approximate surface area is 74.5 Å². The van der Waals surface area contributed by atoms with Gasteiger partial charge >= 0.3 is 6.18 Å². The summed E-state index contributed by atoms with van der Waals surface area (Å²) in [4.78, 5) is 0. The molecule has 1 N–H and O–H groups in total. The van der Waals surface area contributed by atoms with E-state index in [1.54, 1.807) is 0 Å². The molecule has 0 aromatic rings. The van der Waals surface area contributed by atoms with Gasteiger partial charge in [-0.25, -0.2) is 4.39 Å². The molecule has 0 aliphatic heterocycles. The standard InChI is InChI=1S/C8H13F4N/c1-13-7-3-2-5(9)4-6(7)8(10,11)12/h5-7,13H,2-4H2,1H3. The third-order valence-corrected chi connectivity index (χ3v) is 2.58. The van der Waals surface area contributed by atoms with Crippen molar-refractivity contribution in [2.24, 2.45) is 5.92 Å². The van der Waals surface area contributed by atoms with Gasteiger partial charge in [-0.05, 0) is 26.3 Å². The van der Waals surface area contributed by atoms with Gasteiger partial charge in [0, 0.05) is 6.04 Å². The van der Waals surface area contributed by atoms with E-state index < -0.39 is 30.7 Å². The van der Waals surface area contributed by atoms with E-state index in [1.807, 2.05) is 0 Å². The number of hydrogen-bond donors (Lipinski definition) is 1. The normalized spacial score (nSPS) is 36.2. The maximum atomic E-state index is 12.7. The van der Waals surface area contributed by atoms with Gasteiger partial charge in [-0.15, -0.1) is 0 Å². The average Bonchev–Trinajstić information content (AvgIpc) is 2.03. The van der Waals surface area contributed by atoms with Gasteiger partial charge in [0.1, 0.15) is 6.17 Å². The predicted octanol–water partition coefficient (Wildman–Crippen LogP) is 2.27. The zero-order valence-corrected chi connectivity index (χ0v) is 7.37. The summed E-state index contributed by atoms with van der Waals surface area (Å²) in [6.45, 7) is 0. The highest BCUT2D eigenvalue weighted by Gasteiger charge is 2.47. The highest BCUT2D eigenvalue weighted by molar-refractivity contribution is 4.88. The minimum Gasteiger partial charge on any atom is -0.316 e. The lowest BCUT2D eigenvalue weighted by molar-refractivity contribution is -0.193. The van der Waals surface area contributed by atoms with Crippen LogP contribution >= 0.6 is 0 Å². The van der Waals surface area contributed by atoms with Crippen LogP contribution in [0.2, 0.25) is 0 Å². The molecule has 1 aliphatic carbocycles. The minimum absolute atomic E-state index is 0.234. The fraction of sp³-hybridized carbons (Fsp3) is 1.00. The summed E-state index contributed by atoms with van der Waals surface area (Å²) >= 11 is 0. The third-order valence-electron chi connectivity index (χ3n) is 2.58. The van der Waals surface area contributed by atoms with Crippen molar-refractivity contribution in [3.8, 4) is 0 Å². The Morgan fingerprint density at radius 2 is 1.85 bits per heavy atom. The Kier molecular flexibility index (Phi) is 3.16. The Bertz CT molecular complexity index is 168. The molecule has 0 amide bonds. The van der Waals surface area contributed by atoms with Crippen LogP contribution in [0.5, 0.6) is 0 Å². The molecule has 1 saturated carbocycles. The average molecular weight is 199 g/mol. The molecule has 1 nitrogen and oxygen atoms in total. The Balaban J connectivity index is 2.65. The van der Waals surface area contributed by atoms with Gasteiger partial charge in [0.05, 0.1) is 5.92 Å². The van der Waals surface area contributed by atoms with E-state index in [-0.39, 0.29) is 12.8 Å². The van der Waals surface area contributed by atoms with Crippen molar-refractivity contribution >= 4 is 0 Å². The smallest absolute Gasteiger partial charge is 0.316 e. The molecule has 1 fully saturated rings. The Morgan fingerprint density at radius 3 is 2.31 bits per heavy atom. The predicted molar refractivity (Wildman–Crippen MR) is 41.1 cm³/mol. The molecule has 0 aromatic carbocycles. The molecular formula is C8H13F4N. The van der Waals surface area contributed by atoms with Crippen molar-refractivity contribution in [1.29, 1.82) is 0 Å². The molecule has 1 aliphatic rings. The molecule has 78 valence electrons. The molecule has 0 radical (unpaired) electrons. The van der Waals surface area contributed by atoms with Crippen molar-refractivity contribution in [3.63, 3.8) is 0 Å². The SMILES string of the molecule is CNC1CCC(F)CC1C(F)(F)F. The van der Waals surface area contributed by atoms with Crippen LogP contribution in [0.4, 0.5) is 17.6 Å². The maximum Gasteiger partial charge on any atom is 0.393 e. The van der Waals surface area contributed by atoms with Crippen LogP contribution in [0.25, 0.3) is 0 Å². The van der Waals surface area contributed by atoms with Crippen molar-refractivity contribution in [2.75, 3.05) is 7.05 Å². The second-order valence-corrected chi connectivity index (χ2v) is 3.45. The summed E-state index contributed by atoms with van der Waals surface area (Å²) < 4.78 is 49.8. The van der Waals surface area contributed by atoms with E-state index in [1.165, 1.54) is 7.05 Å². The first-order valence-corrected chi connectivity index (χ1v) is 4.33. The van der Waals surface area contributed by atoms with Gasteiger partial charge in [-0.2, -0.15) is 13.2 Å². The quantitative estimate of drug-likeness (QED) is 0.639. The summed E-state index contributed by atoms with van der Waals surface area (Å²) in [6.07, 6.45) is -5.47. The monoisotopic (exact) mass is 199 g/mol. The number of rotatable bonds is 1. The summed E-state index contributed by atoms with van der Waals surface area (Å²) in [6, 6.07) is -0.619. The van der Waals surface area contributed by atoms with Crippen molar-refractivity contribution in [1.82, 2.24) is 5.32 Å². The van der Waals surface area contributed by atoms with E-state index >= 15 is 0 Å². The molecule has 3 atom stereocenters. The van der Waals surface area contributed by atoms with Gasteiger partial charge in [-0.3, -0.25) is 0 Å². The largest absolute Gasteiger partial charge is 0.393 e. The van der Waals surface area contributed by atoms with Crippen LogP contribution in [-0.2, 0) is 0 Å². The fourth-order valence-corrected chi connectivity index (χ4v) is 1.83. The third kappa shape index (κ3) is 2.56. The molecule has 0 spiro atoms. The van der Waals surface area contributed by atoms with Crippen LogP contribution in [0.1, 0.15) is 19.3 Å². The molecule has 0 bridgehead atoms. The van der Waals surface area contributed by atoms with Crippen LogP contribution in [0.15, 0.2) is 0 Å². The number of alkyl halides is 4. The Hall–Kier alpha value is -0.320. The molecule has 5 heteroatoms. The number of halogens is 4. The fourth-order valence-electron chi connectivity index (χ4n) is 1.83. The zero-order chi connectivity index (χ0) is 10.1. The van der Waals surface area contributed by atoms with Crippen molar-refractivity contribution in [2.45, 2.75) is 37.7 Å². The molecule has 0 heterocycles. The lowest BCUT2D eigenvalue weighted by atomic mass is 9.83. The lowest BCUT2D eigenvalue weighted by Gasteiger charge is -2.34. The van der Waals surface area contributed by atoms with Gasteiger partial charge < -0.3 is 5.32 Å². The van der Waals surface area contributed by atoms with Gasteiger partial charge in [0.2, 0.25) is 0 Å². The molecule has 0 saturated heterocycles. The van der Waals surface area contributed by atoms with Crippen LogP contribution in [0.3, 0.4) is 0 Å². The highest BCUT2D eigenvalue weighted by atomic mass is 19.4. The summed E-state index contributed by atoms with van der Waals surface area (Å²) in [5, 5.41) is 2.59. The van der Waals surface area contributed by atoms with Gasteiger partial charge in [-0.1, -0.05) is 0 Å². The molecular weight excluding hydrogens is 186 g/mol. The summed E-state index contributed by atoms with van der Waals surface area (Å²) in [5.74, 6) is -1.53. The second-order valence-electron chi connectivity index (χ2n) is 3.45. The first-order chi connectivity index (χ1) is 5.95. The van der Waals surface area contributed by atoms with Crippen molar-refractivity contribution < 1.29 is 17.6 Å². The molecule has 1 rings (SSSR count). The van der Waals surface area contributed by atoms with E-state index in [0.29, 0.717) is 0 Å². The van der Waals surface area contributed by atoms with Gasteiger partial charge in [0.15, 0.2) is 0 Å².